The summed E-state index contributed by atoms with van der Waals surface area (Å²) in [5.41, 5.74) is -0.0787. The predicted octanol–water partition coefficient (Wildman–Crippen LogP) is 2.33. The van der Waals surface area contributed by atoms with Gasteiger partial charge in [0, 0.05) is 5.92 Å². The van der Waals surface area contributed by atoms with E-state index in [1.165, 1.54) is 25.7 Å². The average Bonchev–Trinajstić information content (AvgIpc) is 2.68. The lowest BCUT2D eigenvalue weighted by molar-refractivity contribution is -0.158. The molecule has 0 heterocycles. The van der Waals surface area contributed by atoms with Crippen molar-refractivity contribution >= 4 is 5.97 Å². The molecule has 0 aromatic heterocycles. The number of carbonyl (C=O) groups excluding carboxylic acids is 1. The highest BCUT2D eigenvalue weighted by molar-refractivity contribution is 5.74. The monoisotopic (exact) mass is 193 g/mol. The van der Waals surface area contributed by atoms with Crippen molar-refractivity contribution in [3.63, 3.8) is 0 Å². The minimum atomic E-state index is -0.321. The van der Waals surface area contributed by atoms with Crippen LogP contribution < -0.4 is 0 Å². The van der Waals surface area contributed by atoms with Gasteiger partial charge in [0.1, 0.15) is 5.60 Å². The third-order valence-corrected chi connectivity index (χ3v) is 4.71. The van der Waals surface area contributed by atoms with E-state index in [1.807, 2.05) is 0 Å². The van der Waals surface area contributed by atoms with Crippen LogP contribution in [0.3, 0.4) is 0 Å². The van der Waals surface area contributed by atoms with E-state index >= 15 is 0 Å². The molecule has 0 aromatic carbocycles. The van der Waals surface area contributed by atoms with Crippen LogP contribution in [0.5, 0.6) is 0 Å². The quantitative estimate of drug-likeness (QED) is 0.597. The first-order valence-corrected chi connectivity index (χ1v) is 5.76. The molecule has 0 saturated heterocycles. The Morgan fingerprint density at radius 3 is 3.00 bits per heavy atom. The van der Waals surface area contributed by atoms with Gasteiger partial charge in [0.15, 0.2) is 0 Å². The zero-order valence-electron chi connectivity index (χ0n) is 8.50. The van der Waals surface area contributed by atoms with E-state index in [0.29, 0.717) is 5.92 Å². The molecule has 0 amide bonds. The lowest BCUT2D eigenvalue weighted by atomic mass is 9.79. The molecule has 3 aliphatic carbocycles. The number of ether oxygens (including phenoxy) is 1. The van der Waals surface area contributed by atoms with Crippen molar-refractivity contribution in [3.8, 4) is 0 Å². The van der Waals surface area contributed by atoms with Crippen LogP contribution in [0.4, 0.5) is 0 Å². The number of fused-ring (bicyclic) bond motifs is 5. The van der Waals surface area contributed by atoms with Gasteiger partial charge in [0.25, 0.3) is 0 Å². The Morgan fingerprint density at radius 2 is 2.21 bits per heavy atom. The van der Waals surface area contributed by atoms with E-state index in [4.69, 9.17) is 4.74 Å². The molecule has 77 valence electrons. The van der Waals surface area contributed by atoms with Gasteiger partial charge in [-0.05, 0) is 43.9 Å². The first-order chi connectivity index (χ1) is 6.71. The van der Waals surface area contributed by atoms with Crippen molar-refractivity contribution in [3.05, 3.63) is 6.92 Å². The van der Waals surface area contributed by atoms with Gasteiger partial charge < -0.3 is 4.74 Å². The van der Waals surface area contributed by atoms with Crippen LogP contribution in [0.2, 0.25) is 0 Å². The highest BCUT2D eigenvalue weighted by Crippen LogP contribution is 2.62. The second kappa shape index (κ2) is 2.74. The zero-order chi connectivity index (χ0) is 9.76. The minimum absolute atomic E-state index is 0.0787. The van der Waals surface area contributed by atoms with E-state index in [9.17, 15) is 4.79 Å². The Balaban J connectivity index is 1.88. The van der Waals surface area contributed by atoms with Crippen LogP contribution in [-0.2, 0) is 9.53 Å². The van der Waals surface area contributed by atoms with Gasteiger partial charge >= 0.3 is 5.97 Å². The SMILES string of the molecule is [CH2]C(=O)OC12CCC(C1)C1CCCC12. The Labute approximate surface area is 85.0 Å². The van der Waals surface area contributed by atoms with Gasteiger partial charge in [-0.25, -0.2) is 0 Å². The van der Waals surface area contributed by atoms with Gasteiger partial charge in [-0.3, -0.25) is 4.79 Å². The standard InChI is InChI=1S/C12H17O2/c1-8(13)14-12-6-5-9(7-12)10-3-2-4-11(10)12/h9-11H,1-7H2. The summed E-state index contributed by atoms with van der Waals surface area (Å²) in [4.78, 5) is 11.0. The maximum Gasteiger partial charge on any atom is 0.306 e. The highest BCUT2D eigenvalue weighted by atomic mass is 16.6. The first kappa shape index (κ1) is 8.75. The van der Waals surface area contributed by atoms with Crippen LogP contribution in [0.25, 0.3) is 0 Å². The minimum Gasteiger partial charge on any atom is -0.459 e. The summed E-state index contributed by atoms with van der Waals surface area (Å²) in [6.07, 6.45) is 7.47. The normalized spacial score (nSPS) is 49.4. The molecule has 3 saturated carbocycles. The molecule has 14 heavy (non-hydrogen) atoms. The number of esters is 1. The van der Waals surface area contributed by atoms with Crippen LogP contribution in [0.15, 0.2) is 0 Å². The van der Waals surface area contributed by atoms with Crippen LogP contribution >= 0.6 is 0 Å². The van der Waals surface area contributed by atoms with Crippen molar-refractivity contribution in [2.75, 3.05) is 0 Å². The maximum absolute atomic E-state index is 11.0. The number of hydrogen-bond donors (Lipinski definition) is 0. The van der Waals surface area contributed by atoms with Crippen LogP contribution in [-0.4, -0.2) is 11.6 Å². The van der Waals surface area contributed by atoms with Gasteiger partial charge in [0.2, 0.25) is 0 Å². The fourth-order valence-corrected chi connectivity index (χ4v) is 4.38. The summed E-state index contributed by atoms with van der Waals surface area (Å²) in [5, 5.41) is 0. The highest BCUT2D eigenvalue weighted by Gasteiger charge is 2.60. The molecule has 0 N–H and O–H groups in total. The molecular formula is C12H17O2. The average molecular weight is 193 g/mol. The fraction of sp³-hybridized carbons (Fsp3) is 0.833. The van der Waals surface area contributed by atoms with Gasteiger partial charge in [-0.15, -0.1) is 0 Å². The fourth-order valence-electron chi connectivity index (χ4n) is 4.38. The first-order valence-electron chi connectivity index (χ1n) is 5.76. The van der Waals surface area contributed by atoms with Crippen molar-refractivity contribution < 1.29 is 9.53 Å². The van der Waals surface area contributed by atoms with E-state index in [1.54, 1.807) is 0 Å². The Morgan fingerprint density at radius 1 is 1.36 bits per heavy atom. The van der Waals surface area contributed by atoms with Crippen molar-refractivity contribution in [2.45, 2.75) is 44.1 Å². The second-order valence-corrected chi connectivity index (χ2v) is 5.24. The van der Waals surface area contributed by atoms with E-state index in [2.05, 4.69) is 6.92 Å². The van der Waals surface area contributed by atoms with Crippen molar-refractivity contribution in [2.24, 2.45) is 17.8 Å². The van der Waals surface area contributed by atoms with Crippen LogP contribution in [0, 0.1) is 24.7 Å². The van der Waals surface area contributed by atoms with Crippen LogP contribution in [0.1, 0.15) is 38.5 Å². The summed E-state index contributed by atoms with van der Waals surface area (Å²) in [7, 11) is 0. The molecule has 2 heteroatoms. The zero-order valence-corrected chi connectivity index (χ0v) is 8.50. The van der Waals surface area contributed by atoms with Gasteiger partial charge in [0.05, 0.1) is 6.92 Å². The Hall–Kier alpha value is -0.530. The number of hydrogen-bond acceptors (Lipinski definition) is 2. The molecule has 3 fully saturated rings. The smallest absolute Gasteiger partial charge is 0.306 e. The molecule has 0 aliphatic heterocycles. The van der Waals surface area contributed by atoms with E-state index < -0.39 is 0 Å². The van der Waals surface area contributed by atoms with Gasteiger partial charge in [-0.2, -0.15) is 0 Å². The molecule has 4 atom stereocenters. The molecule has 1 radical (unpaired) electrons. The van der Waals surface area contributed by atoms with Crippen molar-refractivity contribution in [1.29, 1.82) is 0 Å². The molecular weight excluding hydrogens is 176 g/mol. The summed E-state index contributed by atoms with van der Waals surface area (Å²) in [6, 6.07) is 0. The summed E-state index contributed by atoms with van der Waals surface area (Å²) in [6.45, 7) is 3.37. The number of carbonyl (C=O) groups is 1. The topological polar surface area (TPSA) is 26.3 Å². The van der Waals surface area contributed by atoms with Gasteiger partial charge in [-0.1, -0.05) is 6.42 Å². The summed E-state index contributed by atoms with van der Waals surface area (Å²) in [5.74, 6) is 2.06. The van der Waals surface area contributed by atoms with Crippen molar-refractivity contribution in [1.82, 2.24) is 0 Å². The second-order valence-electron chi connectivity index (χ2n) is 5.24. The Bertz CT molecular complexity index is 273. The largest absolute Gasteiger partial charge is 0.459 e. The lowest BCUT2D eigenvalue weighted by Crippen LogP contribution is -2.38. The Kier molecular flexibility index (Phi) is 1.71. The maximum atomic E-state index is 11.0. The molecule has 2 nitrogen and oxygen atoms in total. The molecule has 3 aliphatic rings. The molecule has 2 bridgehead atoms. The van der Waals surface area contributed by atoms with E-state index in [-0.39, 0.29) is 11.6 Å². The summed E-state index contributed by atoms with van der Waals surface area (Å²) < 4.78 is 5.55. The molecule has 3 rings (SSSR count). The molecule has 0 aromatic rings. The molecule has 0 spiro atoms. The third kappa shape index (κ3) is 0.999. The van der Waals surface area contributed by atoms with E-state index in [0.717, 1.165) is 24.7 Å². The third-order valence-electron chi connectivity index (χ3n) is 4.71. The molecule has 4 unspecified atom stereocenters. The summed E-state index contributed by atoms with van der Waals surface area (Å²) >= 11 is 0. The number of rotatable bonds is 1. The lowest BCUT2D eigenvalue weighted by Gasteiger charge is -2.35. The predicted molar refractivity (Wildman–Crippen MR) is 52.4 cm³/mol.